The van der Waals surface area contributed by atoms with Crippen molar-refractivity contribution in [1.82, 2.24) is 0 Å². The molecular formula is C15H16INO3S. The molecule has 0 saturated carbocycles. The van der Waals surface area contributed by atoms with E-state index in [1.165, 1.54) is 3.57 Å². The maximum Gasteiger partial charge on any atom is 0.238 e. The Morgan fingerprint density at radius 3 is 2.29 bits per heavy atom. The number of halogens is 1. The van der Waals surface area contributed by atoms with Crippen LogP contribution in [0.5, 0.6) is 5.75 Å². The summed E-state index contributed by atoms with van der Waals surface area (Å²) in [6.07, 6.45) is 0. The summed E-state index contributed by atoms with van der Waals surface area (Å²) in [5.74, 6) is 0.665. The van der Waals surface area contributed by atoms with Gasteiger partial charge < -0.3 is 4.74 Å². The van der Waals surface area contributed by atoms with E-state index < -0.39 is 10.0 Å². The summed E-state index contributed by atoms with van der Waals surface area (Å²) in [4.78, 5) is 0.140. The first-order valence-electron chi connectivity index (χ1n) is 6.28. The van der Waals surface area contributed by atoms with Gasteiger partial charge in [-0.05, 0) is 77.4 Å². The Bertz CT molecular complexity index is 755. The summed E-state index contributed by atoms with van der Waals surface area (Å²) < 4.78 is 29.9. The van der Waals surface area contributed by atoms with Crippen molar-refractivity contribution in [1.29, 1.82) is 0 Å². The third-order valence-corrected chi connectivity index (χ3v) is 4.86. The largest absolute Gasteiger partial charge is 0.489 e. The zero-order chi connectivity index (χ0) is 15.6. The van der Waals surface area contributed by atoms with Crippen molar-refractivity contribution in [2.24, 2.45) is 5.14 Å². The van der Waals surface area contributed by atoms with Gasteiger partial charge >= 0.3 is 0 Å². The number of nitrogens with two attached hydrogens (primary N) is 1. The molecule has 0 aliphatic carbocycles. The number of ether oxygens (including phenoxy) is 1. The first-order chi connectivity index (χ1) is 9.77. The van der Waals surface area contributed by atoms with Crippen molar-refractivity contribution in [3.05, 3.63) is 56.7 Å². The van der Waals surface area contributed by atoms with Gasteiger partial charge in [-0.1, -0.05) is 12.1 Å². The van der Waals surface area contributed by atoms with Crippen LogP contribution in [0, 0.1) is 17.4 Å². The number of primary sulfonamides is 1. The van der Waals surface area contributed by atoms with Crippen LogP contribution in [0.3, 0.4) is 0 Å². The summed E-state index contributed by atoms with van der Waals surface area (Å²) in [6.45, 7) is 3.94. The summed E-state index contributed by atoms with van der Waals surface area (Å²) in [5.41, 5.74) is 2.39. The minimum atomic E-state index is -3.70. The minimum Gasteiger partial charge on any atom is -0.489 e. The summed E-state index contributed by atoms with van der Waals surface area (Å²) in [6, 6.07) is 11.3. The lowest BCUT2D eigenvalue weighted by Gasteiger charge is -2.12. The maximum absolute atomic E-state index is 11.5. The van der Waals surface area contributed by atoms with E-state index in [9.17, 15) is 8.42 Å². The van der Waals surface area contributed by atoms with Crippen molar-refractivity contribution in [2.75, 3.05) is 0 Å². The molecule has 0 amide bonds. The Labute approximate surface area is 138 Å². The fourth-order valence-electron chi connectivity index (χ4n) is 1.97. The van der Waals surface area contributed by atoms with Gasteiger partial charge in [-0.15, -0.1) is 0 Å². The topological polar surface area (TPSA) is 69.4 Å². The molecule has 2 aromatic carbocycles. The van der Waals surface area contributed by atoms with E-state index in [0.717, 1.165) is 11.1 Å². The Hall–Kier alpha value is -1.12. The quantitative estimate of drug-likeness (QED) is 0.778. The molecule has 0 unspecified atom stereocenters. The molecular weight excluding hydrogens is 401 g/mol. The third-order valence-electron chi connectivity index (χ3n) is 3.09. The third kappa shape index (κ3) is 4.18. The average Bonchev–Trinajstić information content (AvgIpc) is 2.40. The normalized spacial score (nSPS) is 11.4. The molecule has 2 N–H and O–H groups in total. The van der Waals surface area contributed by atoms with Crippen LogP contribution in [-0.4, -0.2) is 8.42 Å². The Kier molecular flexibility index (Phi) is 4.90. The highest BCUT2D eigenvalue weighted by molar-refractivity contribution is 14.1. The lowest BCUT2D eigenvalue weighted by molar-refractivity contribution is 0.303. The molecule has 0 spiro atoms. The second-order valence-electron chi connectivity index (χ2n) is 4.84. The predicted octanol–water partition coefficient (Wildman–Crippen LogP) is 3.13. The van der Waals surface area contributed by atoms with Crippen LogP contribution in [0.1, 0.15) is 16.7 Å². The molecule has 0 heterocycles. The molecule has 2 rings (SSSR count). The van der Waals surface area contributed by atoms with Gasteiger partial charge in [-0.25, -0.2) is 13.6 Å². The first kappa shape index (κ1) is 16.3. The van der Waals surface area contributed by atoms with Crippen LogP contribution in [-0.2, 0) is 16.6 Å². The highest BCUT2D eigenvalue weighted by atomic mass is 127. The number of hydrogen-bond acceptors (Lipinski definition) is 3. The highest BCUT2D eigenvalue weighted by Crippen LogP contribution is 2.26. The van der Waals surface area contributed by atoms with Crippen LogP contribution in [0.2, 0.25) is 0 Å². The van der Waals surface area contributed by atoms with Crippen molar-refractivity contribution < 1.29 is 13.2 Å². The lowest BCUT2D eigenvalue weighted by atomic mass is 10.1. The molecule has 0 atom stereocenters. The standard InChI is InChI=1S/C15H16INO3S/c1-10-8-15(21(17,18)19)11(2)7-14(10)20-9-12-3-5-13(16)6-4-12/h3-8H,9H2,1-2H3,(H2,17,18,19). The molecule has 0 radical (unpaired) electrons. The van der Waals surface area contributed by atoms with Gasteiger partial charge in [0.15, 0.2) is 0 Å². The van der Waals surface area contributed by atoms with Crippen LogP contribution >= 0.6 is 22.6 Å². The number of hydrogen-bond donors (Lipinski definition) is 1. The minimum absolute atomic E-state index is 0.140. The predicted molar refractivity (Wildman–Crippen MR) is 90.8 cm³/mol. The summed E-state index contributed by atoms with van der Waals surface area (Å²) in [5, 5.41) is 5.19. The van der Waals surface area contributed by atoms with E-state index in [4.69, 9.17) is 9.88 Å². The molecule has 0 aromatic heterocycles. The molecule has 0 aliphatic rings. The molecule has 0 saturated heterocycles. The maximum atomic E-state index is 11.5. The van der Waals surface area contributed by atoms with E-state index in [0.29, 0.717) is 17.9 Å². The van der Waals surface area contributed by atoms with Gasteiger partial charge in [0.1, 0.15) is 12.4 Å². The van der Waals surface area contributed by atoms with Gasteiger partial charge in [0, 0.05) is 3.57 Å². The van der Waals surface area contributed by atoms with Gasteiger partial charge in [0.25, 0.3) is 0 Å². The van der Waals surface area contributed by atoms with Crippen LogP contribution in [0.15, 0.2) is 41.3 Å². The van der Waals surface area contributed by atoms with E-state index in [2.05, 4.69) is 22.6 Å². The number of benzene rings is 2. The summed E-state index contributed by atoms with van der Waals surface area (Å²) >= 11 is 2.25. The molecule has 0 aliphatic heterocycles. The molecule has 112 valence electrons. The monoisotopic (exact) mass is 417 g/mol. The molecule has 2 aromatic rings. The zero-order valence-corrected chi connectivity index (χ0v) is 14.7. The number of rotatable bonds is 4. The Morgan fingerprint density at radius 1 is 1.10 bits per heavy atom. The van der Waals surface area contributed by atoms with Crippen molar-refractivity contribution >= 4 is 32.6 Å². The van der Waals surface area contributed by atoms with Crippen molar-refractivity contribution in [3.63, 3.8) is 0 Å². The molecule has 21 heavy (non-hydrogen) atoms. The molecule has 0 fully saturated rings. The van der Waals surface area contributed by atoms with Crippen LogP contribution in [0.4, 0.5) is 0 Å². The van der Waals surface area contributed by atoms with E-state index in [1.54, 1.807) is 26.0 Å². The fraction of sp³-hybridized carbons (Fsp3) is 0.200. The van der Waals surface area contributed by atoms with E-state index >= 15 is 0 Å². The Balaban J connectivity index is 2.21. The van der Waals surface area contributed by atoms with Gasteiger partial charge in [-0.2, -0.15) is 0 Å². The number of sulfonamides is 1. The smallest absolute Gasteiger partial charge is 0.238 e. The average molecular weight is 417 g/mol. The molecule has 0 bridgehead atoms. The van der Waals surface area contributed by atoms with Crippen LogP contribution < -0.4 is 9.88 Å². The summed E-state index contributed by atoms with van der Waals surface area (Å²) in [7, 11) is -3.70. The van der Waals surface area contributed by atoms with Gasteiger partial charge in [0.05, 0.1) is 4.90 Å². The lowest BCUT2D eigenvalue weighted by Crippen LogP contribution is -2.14. The number of aryl methyl sites for hydroxylation is 2. The second kappa shape index (κ2) is 6.33. The highest BCUT2D eigenvalue weighted by Gasteiger charge is 2.14. The van der Waals surface area contributed by atoms with Gasteiger partial charge in [-0.3, -0.25) is 0 Å². The first-order valence-corrected chi connectivity index (χ1v) is 8.91. The SMILES string of the molecule is Cc1cc(S(N)(=O)=O)c(C)cc1OCc1ccc(I)cc1. The van der Waals surface area contributed by atoms with Crippen LogP contribution in [0.25, 0.3) is 0 Å². The fourth-order valence-corrected chi connectivity index (χ4v) is 3.18. The second-order valence-corrected chi connectivity index (χ2v) is 7.62. The Morgan fingerprint density at radius 2 is 1.71 bits per heavy atom. The van der Waals surface area contributed by atoms with E-state index in [1.807, 2.05) is 24.3 Å². The molecule has 4 nitrogen and oxygen atoms in total. The van der Waals surface area contributed by atoms with Gasteiger partial charge in [0.2, 0.25) is 10.0 Å². The van der Waals surface area contributed by atoms with Crippen molar-refractivity contribution in [2.45, 2.75) is 25.3 Å². The van der Waals surface area contributed by atoms with Crippen molar-refractivity contribution in [3.8, 4) is 5.75 Å². The van der Waals surface area contributed by atoms with E-state index in [-0.39, 0.29) is 4.90 Å². The zero-order valence-electron chi connectivity index (χ0n) is 11.8. The molecule has 6 heteroatoms.